The quantitative estimate of drug-likeness (QED) is 0.147. The highest BCUT2D eigenvalue weighted by Gasteiger charge is 2.23. The Morgan fingerprint density at radius 3 is 2.40 bits per heavy atom. The molecule has 1 amide bonds. The number of anilines is 2. The van der Waals surface area contributed by atoms with Crippen LogP contribution < -0.4 is 10.0 Å². The maximum Gasteiger partial charge on any atom is 0.261 e. The third kappa shape index (κ3) is 8.11. The minimum Gasteiger partial charge on any atom is -0.323 e. The number of hydrogen-bond donors (Lipinski definition) is 2. The fourth-order valence-electron chi connectivity index (χ4n) is 4.35. The van der Waals surface area contributed by atoms with Gasteiger partial charge in [0, 0.05) is 11.6 Å². The van der Waals surface area contributed by atoms with Crippen LogP contribution in [-0.4, -0.2) is 34.8 Å². The van der Waals surface area contributed by atoms with Gasteiger partial charge >= 0.3 is 0 Å². The molecule has 4 rings (SSSR count). The molecule has 0 saturated carbocycles. The van der Waals surface area contributed by atoms with Gasteiger partial charge in [-0.2, -0.15) is 0 Å². The molecular formula is C30H33ClFN5O3S2. The normalized spacial score (nSPS) is 12.3. The minimum atomic E-state index is -3.95. The summed E-state index contributed by atoms with van der Waals surface area (Å²) in [7, 11) is -3.95. The number of aromatic nitrogens is 3. The van der Waals surface area contributed by atoms with Crippen LogP contribution in [0.25, 0.3) is 11.4 Å². The fourth-order valence-corrected chi connectivity index (χ4v) is 6.55. The number of nitrogens with zero attached hydrogens (tertiary/aromatic N) is 3. The van der Waals surface area contributed by atoms with Crippen LogP contribution in [0.1, 0.15) is 46.1 Å². The van der Waals surface area contributed by atoms with Crippen molar-refractivity contribution in [3.8, 4) is 11.4 Å². The molecule has 1 atom stereocenters. The monoisotopic (exact) mass is 629 g/mol. The Labute approximate surface area is 255 Å². The molecule has 8 nitrogen and oxygen atoms in total. The summed E-state index contributed by atoms with van der Waals surface area (Å²) in [6.45, 7) is 6.40. The first-order chi connectivity index (χ1) is 20.0. The van der Waals surface area contributed by atoms with E-state index in [1.165, 1.54) is 30.0 Å². The van der Waals surface area contributed by atoms with Gasteiger partial charge in [0.2, 0.25) is 5.91 Å². The van der Waals surface area contributed by atoms with E-state index in [1.54, 1.807) is 54.6 Å². The number of carbonyl (C=O) groups excluding carboxylic acids is 1. The fraction of sp³-hybridized carbons (Fsp3) is 0.300. The second-order valence-electron chi connectivity index (χ2n) is 10.3. The lowest BCUT2D eigenvalue weighted by molar-refractivity contribution is -0.113. The van der Waals surface area contributed by atoms with E-state index in [4.69, 9.17) is 11.6 Å². The SMILES string of the molecule is CC(C)CCC[C@H](C)n1c(SCC(=O)Nc2ccccc2F)nnc1-c1cccc(S(=O)(=O)Nc2ccccc2Cl)c1. The molecule has 0 unspecified atom stereocenters. The average molecular weight is 630 g/mol. The van der Waals surface area contributed by atoms with Crippen LogP contribution in [0.5, 0.6) is 0 Å². The standard InChI is InChI=1S/C30H33ClFN5O3S2/c1-20(2)10-8-11-21(3)37-29(34-35-30(37)41-19-28(38)33-27-17-7-5-15-25(27)32)22-12-9-13-23(18-22)42(39,40)36-26-16-6-4-14-24(26)31/h4-7,9,12-18,20-21,36H,8,10-11,19H2,1-3H3,(H,33,38)/t21-/m0/s1. The summed E-state index contributed by atoms with van der Waals surface area (Å²) in [6.07, 6.45) is 2.87. The number of nitrogens with one attached hydrogen (secondary N) is 2. The molecule has 0 aliphatic heterocycles. The van der Waals surface area contributed by atoms with Gasteiger partial charge < -0.3 is 5.32 Å². The Bertz CT molecular complexity index is 1650. The van der Waals surface area contributed by atoms with Crippen molar-refractivity contribution in [2.75, 3.05) is 15.8 Å². The Morgan fingerprint density at radius 1 is 0.976 bits per heavy atom. The largest absolute Gasteiger partial charge is 0.323 e. The first-order valence-corrected chi connectivity index (χ1v) is 16.4. The predicted octanol–water partition coefficient (Wildman–Crippen LogP) is 7.66. The van der Waals surface area contributed by atoms with E-state index in [-0.39, 0.29) is 39.0 Å². The van der Waals surface area contributed by atoms with Crippen molar-refractivity contribution in [2.45, 2.75) is 56.1 Å². The average Bonchev–Trinajstić information content (AvgIpc) is 3.38. The van der Waals surface area contributed by atoms with Crippen molar-refractivity contribution < 1.29 is 17.6 Å². The van der Waals surface area contributed by atoms with Gasteiger partial charge in [-0.15, -0.1) is 10.2 Å². The van der Waals surface area contributed by atoms with Gasteiger partial charge in [-0.3, -0.25) is 14.1 Å². The zero-order valence-corrected chi connectivity index (χ0v) is 25.9. The molecule has 0 bridgehead atoms. The summed E-state index contributed by atoms with van der Waals surface area (Å²) in [4.78, 5) is 12.7. The molecule has 0 radical (unpaired) electrons. The van der Waals surface area contributed by atoms with Gasteiger partial charge in [0.15, 0.2) is 11.0 Å². The first-order valence-electron chi connectivity index (χ1n) is 13.5. The van der Waals surface area contributed by atoms with Gasteiger partial charge in [-0.1, -0.05) is 86.5 Å². The molecule has 4 aromatic rings. The van der Waals surface area contributed by atoms with Gasteiger partial charge in [0.05, 0.1) is 27.0 Å². The number of halogens is 2. The smallest absolute Gasteiger partial charge is 0.261 e. The number of amides is 1. The second kappa shape index (κ2) is 14.2. The molecule has 3 aromatic carbocycles. The lowest BCUT2D eigenvalue weighted by atomic mass is 10.0. The van der Waals surface area contributed by atoms with Crippen LogP contribution >= 0.6 is 23.4 Å². The zero-order chi connectivity index (χ0) is 30.3. The second-order valence-corrected chi connectivity index (χ2v) is 13.3. The van der Waals surface area contributed by atoms with Crippen molar-refractivity contribution in [1.29, 1.82) is 0 Å². The van der Waals surface area contributed by atoms with Crippen LogP contribution in [-0.2, 0) is 14.8 Å². The summed E-state index contributed by atoms with van der Waals surface area (Å²) in [6, 6.07) is 19.0. The molecule has 222 valence electrons. The zero-order valence-electron chi connectivity index (χ0n) is 23.6. The lowest BCUT2D eigenvalue weighted by Gasteiger charge is -2.19. The highest BCUT2D eigenvalue weighted by molar-refractivity contribution is 7.99. The summed E-state index contributed by atoms with van der Waals surface area (Å²) in [5, 5.41) is 12.2. The van der Waals surface area contributed by atoms with E-state index in [9.17, 15) is 17.6 Å². The van der Waals surface area contributed by atoms with Crippen molar-refractivity contribution >= 4 is 50.7 Å². The predicted molar refractivity (Wildman–Crippen MR) is 167 cm³/mol. The number of carbonyl (C=O) groups is 1. The molecule has 0 fully saturated rings. The van der Waals surface area contributed by atoms with Gasteiger partial charge in [0.25, 0.3) is 10.0 Å². The van der Waals surface area contributed by atoms with Crippen LogP contribution in [0, 0.1) is 11.7 Å². The van der Waals surface area contributed by atoms with E-state index in [2.05, 4.69) is 41.0 Å². The van der Waals surface area contributed by atoms with Crippen LogP contribution in [0.4, 0.5) is 15.8 Å². The molecular weight excluding hydrogens is 597 g/mol. The summed E-state index contributed by atoms with van der Waals surface area (Å²) in [5.74, 6) is 0.132. The van der Waals surface area contributed by atoms with Crippen LogP contribution in [0.2, 0.25) is 5.02 Å². The number of benzene rings is 3. The minimum absolute atomic E-state index is 0.0125. The molecule has 42 heavy (non-hydrogen) atoms. The Balaban J connectivity index is 1.61. The third-order valence-electron chi connectivity index (χ3n) is 6.51. The van der Waals surface area contributed by atoms with E-state index < -0.39 is 15.8 Å². The van der Waals surface area contributed by atoms with E-state index in [0.717, 1.165) is 19.3 Å². The molecule has 1 aromatic heterocycles. The van der Waals surface area contributed by atoms with E-state index in [1.807, 2.05) is 4.57 Å². The van der Waals surface area contributed by atoms with E-state index >= 15 is 0 Å². The lowest BCUT2D eigenvalue weighted by Crippen LogP contribution is -2.16. The Morgan fingerprint density at radius 2 is 1.69 bits per heavy atom. The summed E-state index contributed by atoms with van der Waals surface area (Å²) >= 11 is 7.36. The van der Waals surface area contributed by atoms with E-state index in [0.29, 0.717) is 22.5 Å². The van der Waals surface area contributed by atoms with Crippen LogP contribution in [0.3, 0.4) is 0 Å². The maximum atomic E-state index is 14.0. The van der Waals surface area contributed by atoms with Crippen LogP contribution in [0.15, 0.2) is 82.8 Å². The first kappa shape index (κ1) is 31.5. The van der Waals surface area contributed by atoms with Crippen molar-refractivity contribution in [1.82, 2.24) is 14.8 Å². The maximum absolute atomic E-state index is 14.0. The number of thioether (sulfide) groups is 1. The molecule has 2 N–H and O–H groups in total. The summed E-state index contributed by atoms with van der Waals surface area (Å²) < 4.78 is 44.9. The highest BCUT2D eigenvalue weighted by atomic mass is 35.5. The molecule has 0 spiro atoms. The number of hydrogen-bond acceptors (Lipinski definition) is 6. The number of para-hydroxylation sites is 2. The number of rotatable bonds is 13. The van der Waals surface area contributed by atoms with Crippen molar-refractivity contribution in [3.05, 3.63) is 83.6 Å². The highest BCUT2D eigenvalue weighted by Crippen LogP contribution is 2.32. The molecule has 0 saturated heterocycles. The van der Waals surface area contributed by atoms with Crippen molar-refractivity contribution in [2.24, 2.45) is 5.92 Å². The van der Waals surface area contributed by atoms with Gasteiger partial charge in [-0.25, -0.2) is 12.8 Å². The van der Waals surface area contributed by atoms with Gasteiger partial charge in [0.1, 0.15) is 5.82 Å². The molecule has 12 heteroatoms. The summed E-state index contributed by atoms with van der Waals surface area (Å²) in [5.41, 5.74) is 0.942. The number of sulfonamides is 1. The topological polar surface area (TPSA) is 106 Å². The van der Waals surface area contributed by atoms with Gasteiger partial charge in [-0.05, 0) is 55.7 Å². The molecule has 0 aliphatic carbocycles. The third-order valence-corrected chi connectivity index (χ3v) is 9.15. The molecule has 0 aliphatic rings. The molecule has 1 heterocycles. The Kier molecular flexibility index (Phi) is 10.6. The Hall–Kier alpha value is -3.41. The van der Waals surface area contributed by atoms with Crippen molar-refractivity contribution in [3.63, 3.8) is 0 Å².